The highest BCUT2D eigenvalue weighted by Crippen LogP contribution is 2.34. The zero-order valence-corrected chi connectivity index (χ0v) is 23.8. The molecule has 2 fully saturated rings. The molecule has 0 aromatic heterocycles. The van der Waals surface area contributed by atoms with Gasteiger partial charge in [-0.3, -0.25) is 24.1 Å². The highest BCUT2D eigenvalue weighted by atomic mass is 19.1. The topological polar surface area (TPSA) is 87.2 Å². The van der Waals surface area contributed by atoms with E-state index in [1.165, 1.54) is 29.2 Å². The second kappa shape index (κ2) is 12.5. The van der Waals surface area contributed by atoms with Crippen LogP contribution in [-0.2, 0) is 16.1 Å². The molecule has 218 valence electrons. The predicted molar refractivity (Wildman–Crippen MR) is 157 cm³/mol. The number of rotatable bonds is 9. The first-order valence-electron chi connectivity index (χ1n) is 14.3. The number of amides is 3. The van der Waals surface area contributed by atoms with Crippen LogP contribution in [0.2, 0.25) is 0 Å². The number of likely N-dealkylation sites (tertiary alicyclic amines) is 1. The quantitative estimate of drug-likeness (QED) is 0.258. The average Bonchev–Trinajstić information content (AvgIpc) is 3.33. The third-order valence-electron chi connectivity index (χ3n) is 8.06. The lowest BCUT2D eigenvalue weighted by Crippen LogP contribution is -2.39. The number of para-hydroxylation sites is 2. The first-order chi connectivity index (χ1) is 20.3. The predicted octanol–water partition coefficient (Wildman–Crippen LogP) is 5.25. The van der Waals surface area contributed by atoms with Crippen LogP contribution >= 0.6 is 0 Å². The van der Waals surface area contributed by atoms with Crippen molar-refractivity contribution in [1.82, 2.24) is 4.90 Å². The summed E-state index contributed by atoms with van der Waals surface area (Å²) in [7, 11) is 1.57. The molecule has 2 aliphatic rings. The van der Waals surface area contributed by atoms with Crippen molar-refractivity contribution in [2.75, 3.05) is 36.5 Å². The molecule has 0 radical (unpaired) electrons. The molecule has 0 N–H and O–H groups in total. The Morgan fingerprint density at radius 2 is 1.62 bits per heavy atom. The van der Waals surface area contributed by atoms with Crippen LogP contribution in [0.25, 0.3) is 0 Å². The Hall–Kier alpha value is -4.53. The van der Waals surface area contributed by atoms with E-state index in [1.54, 1.807) is 24.1 Å². The smallest absolute Gasteiger partial charge is 0.260 e. The lowest BCUT2D eigenvalue weighted by molar-refractivity contribution is -0.139. The van der Waals surface area contributed by atoms with E-state index in [0.29, 0.717) is 60.7 Å². The second-order valence-corrected chi connectivity index (χ2v) is 10.6. The normalized spacial score (nSPS) is 15.7. The van der Waals surface area contributed by atoms with Crippen LogP contribution in [0.15, 0.2) is 66.7 Å². The lowest BCUT2D eigenvalue weighted by atomic mass is 9.88. The van der Waals surface area contributed by atoms with Gasteiger partial charge in [0.15, 0.2) is 5.78 Å². The summed E-state index contributed by atoms with van der Waals surface area (Å²) in [4.78, 5) is 56.8. The molecule has 3 amide bonds. The molecule has 2 heterocycles. The van der Waals surface area contributed by atoms with E-state index in [4.69, 9.17) is 4.74 Å². The van der Waals surface area contributed by atoms with E-state index in [2.05, 4.69) is 4.90 Å². The van der Waals surface area contributed by atoms with Crippen molar-refractivity contribution < 1.29 is 28.3 Å². The van der Waals surface area contributed by atoms with Gasteiger partial charge in [-0.15, -0.1) is 0 Å². The number of hydrogen-bond acceptors (Lipinski definition) is 6. The number of methoxy groups -OCH3 is 1. The SMILES string of the molecule is CCN(C(=O)c1ccc(CN2C(=O)CCC2=O)cc1N1CCC(C(=O)c2ccc(F)cc2)CC1)c1ccccc1OC. The van der Waals surface area contributed by atoms with Crippen LogP contribution in [0.5, 0.6) is 5.75 Å². The first kappa shape index (κ1) is 29.0. The number of carbonyl (C=O) groups is 4. The number of anilines is 2. The Kier molecular flexibility index (Phi) is 8.66. The third-order valence-corrected chi connectivity index (χ3v) is 8.06. The van der Waals surface area contributed by atoms with E-state index in [9.17, 15) is 23.6 Å². The van der Waals surface area contributed by atoms with Crippen molar-refractivity contribution in [3.63, 3.8) is 0 Å². The van der Waals surface area contributed by atoms with E-state index < -0.39 is 0 Å². The van der Waals surface area contributed by atoms with Crippen LogP contribution in [-0.4, -0.2) is 55.1 Å². The minimum atomic E-state index is -0.384. The van der Waals surface area contributed by atoms with Crippen LogP contribution in [0.4, 0.5) is 15.8 Å². The molecule has 0 unspecified atom stereocenters. The number of Topliss-reactive ketones (excluding diaryl/α,β-unsaturated/α-hetero) is 1. The molecule has 9 heteroatoms. The molecule has 0 spiro atoms. The molecule has 2 aliphatic heterocycles. The molecule has 2 saturated heterocycles. The Bertz CT molecular complexity index is 1480. The number of halogens is 1. The van der Waals surface area contributed by atoms with Crippen LogP contribution in [0.3, 0.4) is 0 Å². The largest absolute Gasteiger partial charge is 0.495 e. The van der Waals surface area contributed by atoms with Crippen LogP contribution in [0.1, 0.15) is 58.9 Å². The molecule has 0 aliphatic carbocycles. The molecule has 0 atom stereocenters. The summed E-state index contributed by atoms with van der Waals surface area (Å²) in [6.07, 6.45) is 1.56. The van der Waals surface area contributed by atoms with Gasteiger partial charge in [0.25, 0.3) is 5.91 Å². The Balaban J connectivity index is 1.44. The Morgan fingerprint density at radius 1 is 0.952 bits per heavy atom. The van der Waals surface area contributed by atoms with E-state index in [0.717, 1.165) is 5.56 Å². The maximum Gasteiger partial charge on any atom is 0.260 e. The van der Waals surface area contributed by atoms with E-state index in [-0.39, 0.29) is 54.6 Å². The zero-order chi connectivity index (χ0) is 29.8. The molecule has 42 heavy (non-hydrogen) atoms. The first-order valence-corrected chi connectivity index (χ1v) is 14.3. The highest BCUT2D eigenvalue weighted by Gasteiger charge is 2.32. The van der Waals surface area contributed by atoms with Gasteiger partial charge >= 0.3 is 0 Å². The van der Waals surface area contributed by atoms with Gasteiger partial charge in [0.2, 0.25) is 11.8 Å². The summed E-state index contributed by atoms with van der Waals surface area (Å²) in [5.74, 6) is -0.637. The van der Waals surface area contributed by atoms with Gasteiger partial charge in [-0.25, -0.2) is 4.39 Å². The van der Waals surface area contributed by atoms with Gasteiger partial charge in [-0.05, 0) is 73.9 Å². The van der Waals surface area contributed by atoms with Gasteiger partial charge in [0, 0.05) is 49.6 Å². The fraction of sp³-hybridized carbons (Fsp3) is 0.333. The molecular formula is C33H34FN3O5. The Labute approximate surface area is 244 Å². The molecule has 3 aromatic carbocycles. The number of ether oxygens (including phenoxy) is 1. The number of piperidine rings is 1. The van der Waals surface area contributed by atoms with Gasteiger partial charge in [-0.2, -0.15) is 0 Å². The van der Waals surface area contributed by atoms with Crippen molar-refractivity contribution in [3.8, 4) is 5.75 Å². The maximum atomic E-state index is 14.1. The molecule has 0 saturated carbocycles. The molecule has 5 rings (SSSR count). The average molecular weight is 572 g/mol. The minimum Gasteiger partial charge on any atom is -0.495 e. The van der Waals surface area contributed by atoms with Crippen molar-refractivity contribution in [2.45, 2.75) is 39.2 Å². The monoisotopic (exact) mass is 571 g/mol. The number of benzene rings is 3. The molecule has 8 nitrogen and oxygen atoms in total. The summed E-state index contributed by atoms with van der Waals surface area (Å²) >= 11 is 0. The fourth-order valence-electron chi connectivity index (χ4n) is 5.75. The van der Waals surface area contributed by atoms with Crippen molar-refractivity contribution in [1.29, 1.82) is 0 Å². The van der Waals surface area contributed by atoms with Crippen molar-refractivity contribution in [3.05, 3.63) is 89.2 Å². The molecular weight excluding hydrogens is 537 g/mol. The van der Waals surface area contributed by atoms with Crippen LogP contribution in [0, 0.1) is 11.7 Å². The summed E-state index contributed by atoms with van der Waals surface area (Å²) in [5, 5.41) is 0. The van der Waals surface area contributed by atoms with Crippen molar-refractivity contribution in [2.24, 2.45) is 5.92 Å². The number of hydrogen-bond donors (Lipinski definition) is 0. The summed E-state index contributed by atoms with van der Waals surface area (Å²) in [6, 6.07) is 18.4. The van der Waals surface area contributed by atoms with Crippen molar-refractivity contribution >= 4 is 34.9 Å². The molecule has 0 bridgehead atoms. The van der Waals surface area contributed by atoms with E-state index >= 15 is 0 Å². The summed E-state index contributed by atoms with van der Waals surface area (Å²) < 4.78 is 18.9. The Morgan fingerprint density at radius 3 is 2.26 bits per heavy atom. The number of imide groups is 1. The molecule has 3 aromatic rings. The second-order valence-electron chi connectivity index (χ2n) is 10.6. The lowest BCUT2D eigenvalue weighted by Gasteiger charge is -2.35. The summed E-state index contributed by atoms with van der Waals surface area (Å²) in [6.45, 7) is 3.51. The number of carbonyl (C=O) groups excluding carboxylic acids is 4. The maximum absolute atomic E-state index is 14.1. The fourth-order valence-corrected chi connectivity index (χ4v) is 5.75. The van der Waals surface area contributed by atoms with Gasteiger partial charge in [0.05, 0.1) is 24.9 Å². The van der Waals surface area contributed by atoms with Crippen LogP contribution < -0.4 is 14.5 Å². The van der Waals surface area contributed by atoms with Gasteiger partial charge in [-0.1, -0.05) is 18.2 Å². The van der Waals surface area contributed by atoms with Gasteiger partial charge in [0.1, 0.15) is 11.6 Å². The standard InChI is InChI=1S/C33H34FN3O5/c1-3-36(27-6-4-5-7-29(27)42-2)33(41)26-13-8-22(21-37-30(38)14-15-31(37)39)20-28(26)35-18-16-24(17-19-35)32(40)23-9-11-25(34)12-10-23/h4-13,20,24H,3,14-19,21H2,1-2H3. The number of ketones is 1. The highest BCUT2D eigenvalue weighted by molar-refractivity contribution is 6.10. The number of nitrogens with zero attached hydrogens (tertiary/aromatic N) is 3. The van der Waals surface area contributed by atoms with E-state index in [1.807, 2.05) is 37.3 Å². The van der Waals surface area contributed by atoms with Gasteiger partial charge < -0.3 is 14.5 Å². The third kappa shape index (κ3) is 5.91. The zero-order valence-electron chi connectivity index (χ0n) is 23.8. The minimum absolute atomic E-state index is 0.0147. The summed E-state index contributed by atoms with van der Waals surface area (Å²) in [5.41, 5.74) is 3.06.